The van der Waals surface area contributed by atoms with Gasteiger partial charge in [0.15, 0.2) is 0 Å². The lowest BCUT2D eigenvalue weighted by molar-refractivity contribution is 0.102. The van der Waals surface area contributed by atoms with E-state index in [-0.39, 0.29) is 11.6 Å². The molecule has 1 aromatic heterocycles. The van der Waals surface area contributed by atoms with Crippen LogP contribution in [-0.4, -0.2) is 23.0 Å². The lowest BCUT2D eigenvalue weighted by Crippen LogP contribution is -2.14. The van der Waals surface area contributed by atoms with Gasteiger partial charge < -0.3 is 15.4 Å². The number of anilines is 3. The fourth-order valence-corrected chi connectivity index (χ4v) is 2.49. The van der Waals surface area contributed by atoms with Gasteiger partial charge in [-0.1, -0.05) is 25.1 Å². The molecule has 132 valence electrons. The van der Waals surface area contributed by atoms with E-state index in [0.717, 1.165) is 23.4 Å². The van der Waals surface area contributed by atoms with Crippen molar-refractivity contribution in [1.29, 1.82) is 0 Å². The van der Waals surface area contributed by atoms with Crippen molar-refractivity contribution >= 4 is 23.2 Å². The minimum Gasteiger partial charge on any atom is -0.497 e. The number of nitrogens with zero attached hydrogens (tertiary/aromatic N) is 2. The zero-order valence-electron chi connectivity index (χ0n) is 14.7. The highest BCUT2D eigenvalue weighted by atomic mass is 16.5. The second-order valence-corrected chi connectivity index (χ2v) is 5.58. The third-order valence-electron chi connectivity index (χ3n) is 3.88. The number of hydrogen-bond donors (Lipinski definition) is 2. The first-order chi connectivity index (χ1) is 12.7. The molecule has 0 aliphatic rings. The summed E-state index contributed by atoms with van der Waals surface area (Å²) in [5, 5.41) is 5.99. The molecule has 0 spiro atoms. The number of nitrogens with one attached hydrogen (secondary N) is 2. The topological polar surface area (TPSA) is 76.1 Å². The Morgan fingerprint density at radius 3 is 2.58 bits per heavy atom. The Balaban J connectivity index is 1.74. The number of ether oxygens (including phenoxy) is 1. The molecule has 0 saturated heterocycles. The van der Waals surface area contributed by atoms with Gasteiger partial charge in [-0.2, -0.15) is 0 Å². The first-order valence-electron chi connectivity index (χ1n) is 8.33. The molecule has 1 amide bonds. The summed E-state index contributed by atoms with van der Waals surface area (Å²) in [5.41, 5.74) is 3.04. The van der Waals surface area contributed by atoms with E-state index in [1.807, 2.05) is 24.3 Å². The molecule has 0 fully saturated rings. The van der Waals surface area contributed by atoms with Crippen LogP contribution in [-0.2, 0) is 6.42 Å². The number of methoxy groups -OCH3 is 1. The van der Waals surface area contributed by atoms with Gasteiger partial charge in [0.2, 0.25) is 5.95 Å². The van der Waals surface area contributed by atoms with Crippen molar-refractivity contribution in [3.05, 3.63) is 72.1 Å². The maximum absolute atomic E-state index is 12.4. The summed E-state index contributed by atoms with van der Waals surface area (Å²) in [4.78, 5) is 21.0. The van der Waals surface area contributed by atoms with Crippen LogP contribution in [0.1, 0.15) is 23.0 Å². The Morgan fingerprint density at radius 2 is 1.85 bits per heavy atom. The molecule has 0 aliphatic heterocycles. The van der Waals surface area contributed by atoms with Crippen LogP contribution in [0.3, 0.4) is 0 Å². The van der Waals surface area contributed by atoms with E-state index in [0.29, 0.717) is 11.6 Å². The largest absolute Gasteiger partial charge is 0.497 e. The van der Waals surface area contributed by atoms with Gasteiger partial charge in [-0.05, 0) is 48.4 Å². The van der Waals surface area contributed by atoms with Gasteiger partial charge in [0.1, 0.15) is 11.4 Å². The second-order valence-electron chi connectivity index (χ2n) is 5.58. The summed E-state index contributed by atoms with van der Waals surface area (Å²) in [6.45, 7) is 2.08. The van der Waals surface area contributed by atoms with Crippen LogP contribution in [0.5, 0.6) is 5.75 Å². The van der Waals surface area contributed by atoms with E-state index in [2.05, 4.69) is 27.5 Å². The van der Waals surface area contributed by atoms with Gasteiger partial charge in [0.05, 0.1) is 7.11 Å². The van der Waals surface area contributed by atoms with Gasteiger partial charge in [-0.3, -0.25) is 4.79 Å². The lowest BCUT2D eigenvalue weighted by Gasteiger charge is -2.10. The second kappa shape index (κ2) is 8.11. The van der Waals surface area contributed by atoms with Crippen LogP contribution in [0.15, 0.2) is 60.8 Å². The third-order valence-corrected chi connectivity index (χ3v) is 3.88. The van der Waals surface area contributed by atoms with Crippen LogP contribution in [0.2, 0.25) is 0 Å². The minimum absolute atomic E-state index is 0.285. The first kappa shape index (κ1) is 17.4. The zero-order chi connectivity index (χ0) is 18.4. The molecule has 0 unspecified atom stereocenters. The summed E-state index contributed by atoms with van der Waals surface area (Å²) >= 11 is 0. The third kappa shape index (κ3) is 4.16. The molecular weight excluding hydrogens is 328 g/mol. The van der Waals surface area contributed by atoms with Gasteiger partial charge in [-0.25, -0.2) is 9.97 Å². The van der Waals surface area contributed by atoms with Gasteiger partial charge in [0.25, 0.3) is 5.91 Å². The summed E-state index contributed by atoms with van der Waals surface area (Å²) < 4.78 is 5.11. The lowest BCUT2D eigenvalue weighted by atomic mass is 10.1. The number of carbonyl (C=O) groups excluding carboxylic acids is 1. The van der Waals surface area contributed by atoms with Crippen molar-refractivity contribution in [1.82, 2.24) is 9.97 Å². The van der Waals surface area contributed by atoms with Crippen molar-refractivity contribution in [3.63, 3.8) is 0 Å². The highest BCUT2D eigenvalue weighted by molar-refractivity contribution is 6.03. The monoisotopic (exact) mass is 348 g/mol. The molecule has 0 aliphatic carbocycles. The molecule has 0 bridgehead atoms. The fraction of sp³-hybridized carbons (Fsp3) is 0.150. The number of hydrogen-bond acceptors (Lipinski definition) is 5. The number of para-hydroxylation sites is 1. The van der Waals surface area contributed by atoms with Crippen LogP contribution < -0.4 is 15.4 Å². The summed E-state index contributed by atoms with van der Waals surface area (Å²) in [7, 11) is 1.60. The number of aryl methyl sites for hydroxylation is 1. The van der Waals surface area contributed by atoms with Crippen molar-refractivity contribution < 1.29 is 9.53 Å². The average Bonchev–Trinajstić information content (AvgIpc) is 2.69. The molecule has 6 nitrogen and oxygen atoms in total. The Labute approximate surface area is 152 Å². The highest BCUT2D eigenvalue weighted by Crippen LogP contribution is 2.19. The van der Waals surface area contributed by atoms with Crippen LogP contribution in [0, 0.1) is 0 Å². The molecule has 26 heavy (non-hydrogen) atoms. The smallest absolute Gasteiger partial charge is 0.274 e. The maximum atomic E-state index is 12.4. The highest BCUT2D eigenvalue weighted by Gasteiger charge is 2.10. The summed E-state index contributed by atoms with van der Waals surface area (Å²) in [6, 6.07) is 16.6. The van der Waals surface area contributed by atoms with Gasteiger partial charge >= 0.3 is 0 Å². The van der Waals surface area contributed by atoms with Gasteiger partial charge in [-0.15, -0.1) is 0 Å². The predicted molar refractivity (Wildman–Crippen MR) is 102 cm³/mol. The number of benzene rings is 2. The normalized spacial score (nSPS) is 10.2. The molecule has 0 atom stereocenters. The van der Waals surface area contributed by atoms with E-state index in [9.17, 15) is 4.79 Å². The van der Waals surface area contributed by atoms with Crippen LogP contribution in [0.4, 0.5) is 17.3 Å². The Morgan fingerprint density at radius 1 is 1.08 bits per heavy atom. The predicted octanol–water partition coefficient (Wildman–Crippen LogP) is 4.04. The number of rotatable bonds is 6. The average molecular weight is 348 g/mol. The quantitative estimate of drug-likeness (QED) is 0.703. The van der Waals surface area contributed by atoms with Gasteiger partial charge in [0, 0.05) is 17.6 Å². The molecule has 2 aromatic carbocycles. The van der Waals surface area contributed by atoms with E-state index in [1.165, 1.54) is 0 Å². The molecule has 1 heterocycles. The van der Waals surface area contributed by atoms with Crippen molar-refractivity contribution in [3.8, 4) is 5.75 Å². The molecule has 3 aromatic rings. The van der Waals surface area contributed by atoms with Crippen molar-refractivity contribution in [2.45, 2.75) is 13.3 Å². The number of amides is 1. The molecule has 6 heteroatoms. The van der Waals surface area contributed by atoms with Crippen LogP contribution in [0.25, 0.3) is 0 Å². The first-order valence-corrected chi connectivity index (χ1v) is 8.33. The number of aromatic nitrogens is 2. The maximum Gasteiger partial charge on any atom is 0.274 e. The fourth-order valence-electron chi connectivity index (χ4n) is 2.49. The SMILES string of the molecule is CCc1ccccc1Nc1nccc(C(=O)Nc2ccc(OC)cc2)n1. The molecule has 0 radical (unpaired) electrons. The minimum atomic E-state index is -0.301. The van der Waals surface area contributed by atoms with E-state index >= 15 is 0 Å². The van der Waals surface area contributed by atoms with Crippen molar-refractivity contribution in [2.24, 2.45) is 0 Å². The molecule has 3 rings (SSSR count). The van der Waals surface area contributed by atoms with Crippen molar-refractivity contribution in [2.75, 3.05) is 17.7 Å². The Hall–Kier alpha value is -3.41. The van der Waals surface area contributed by atoms with E-state index in [4.69, 9.17) is 4.74 Å². The van der Waals surface area contributed by atoms with Crippen LogP contribution >= 0.6 is 0 Å². The Bertz CT molecular complexity index is 894. The molecule has 0 saturated carbocycles. The summed E-state index contributed by atoms with van der Waals surface area (Å²) in [5.74, 6) is 0.809. The Kier molecular flexibility index (Phi) is 5.43. The molecular formula is C20H20N4O2. The molecule has 2 N–H and O–H groups in total. The van der Waals surface area contributed by atoms with E-state index in [1.54, 1.807) is 43.6 Å². The van der Waals surface area contributed by atoms with E-state index < -0.39 is 0 Å². The number of carbonyl (C=O) groups is 1. The zero-order valence-corrected chi connectivity index (χ0v) is 14.7. The summed E-state index contributed by atoms with van der Waals surface area (Å²) in [6.07, 6.45) is 2.45. The standard InChI is InChI=1S/C20H20N4O2/c1-3-14-6-4-5-7-17(14)23-20-21-13-12-18(24-20)19(25)22-15-8-10-16(26-2)11-9-15/h4-13H,3H2,1-2H3,(H,22,25)(H,21,23,24).